The molecule has 0 unspecified atom stereocenters. The fraction of sp³-hybridized carbons (Fsp3) is 0.308. The second kappa shape index (κ2) is 9.60. The van der Waals surface area contributed by atoms with Crippen LogP contribution < -0.4 is 10.1 Å². The highest BCUT2D eigenvalue weighted by Gasteiger charge is 2.15. The summed E-state index contributed by atoms with van der Waals surface area (Å²) < 4.78 is 12.7. The monoisotopic (exact) mass is 443 g/mol. The lowest BCUT2D eigenvalue weighted by molar-refractivity contribution is 0.150. The van der Waals surface area contributed by atoms with Crippen LogP contribution in [-0.2, 0) is 17.6 Å². The van der Waals surface area contributed by atoms with E-state index >= 15 is 0 Å². The Morgan fingerprint density at radius 1 is 0.970 bits per heavy atom. The van der Waals surface area contributed by atoms with E-state index in [1.54, 1.807) is 14.2 Å². The van der Waals surface area contributed by atoms with Crippen molar-refractivity contribution in [3.05, 3.63) is 71.9 Å². The predicted molar refractivity (Wildman–Crippen MR) is 130 cm³/mol. The Hall–Kier alpha value is -3.42. The van der Waals surface area contributed by atoms with Gasteiger partial charge in [-0.1, -0.05) is 18.2 Å². The molecule has 5 rings (SSSR count). The highest BCUT2D eigenvalue weighted by Crippen LogP contribution is 2.31. The average Bonchev–Trinajstić information content (AvgIpc) is 3.16. The van der Waals surface area contributed by atoms with Crippen molar-refractivity contribution in [1.29, 1.82) is 0 Å². The number of para-hydroxylation sites is 1. The molecule has 0 saturated heterocycles. The normalized spacial score (nSPS) is 14.1. The lowest BCUT2D eigenvalue weighted by Crippen LogP contribution is -2.29. The molecule has 1 aliphatic heterocycles. The first-order valence-corrected chi connectivity index (χ1v) is 11.3. The van der Waals surface area contributed by atoms with Gasteiger partial charge in [-0.2, -0.15) is 0 Å². The Morgan fingerprint density at radius 3 is 2.67 bits per heavy atom. The van der Waals surface area contributed by atoms with Crippen molar-refractivity contribution in [2.45, 2.75) is 12.8 Å². The number of hydrogen-bond donors (Lipinski definition) is 1. The van der Waals surface area contributed by atoms with E-state index in [1.807, 2.05) is 47.1 Å². The van der Waals surface area contributed by atoms with Crippen LogP contribution in [0.4, 0.5) is 11.6 Å². The van der Waals surface area contributed by atoms with Crippen molar-refractivity contribution in [3.8, 4) is 17.0 Å². The van der Waals surface area contributed by atoms with Crippen LogP contribution in [0.2, 0.25) is 0 Å². The highest BCUT2D eigenvalue weighted by atomic mass is 16.5. The summed E-state index contributed by atoms with van der Waals surface area (Å²) in [6.45, 7) is 3.88. The lowest BCUT2D eigenvalue weighted by Gasteiger charge is -2.18. The third-order valence-electron chi connectivity index (χ3n) is 6.25. The van der Waals surface area contributed by atoms with E-state index in [-0.39, 0.29) is 0 Å². The van der Waals surface area contributed by atoms with Gasteiger partial charge in [0, 0.05) is 38.0 Å². The molecule has 33 heavy (non-hydrogen) atoms. The quantitative estimate of drug-likeness (QED) is 0.462. The zero-order chi connectivity index (χ0) is 22.6. The van der Waals surface area contributed by atoms with Gasteiger partial charge in [-0.3, -0.25) is 0 Å². The number of nitrogens with zero attached hydrogens (tertiary/aromatic N) is 4. The van der Waals surface area contributed by atoms with E-state index in [0.717, 1.165) is 67.3 Å². The summed E-state index contributed by atoms with van der Waals surface area (Å²) in [4.78, 5) is 7.00. The largest absolute Gasteiger partial charge is 0.496 e. The minimum Gasteiger partial charge on any atom is -0.496 e. The highest BCUT2D eigenvalue weighted by molar-refractivity contribution is 5.72. The molecular formula is C26H29N5O2. The van der Waals surface area contributed by atoms with Gasteiger partial charge in [-0.15, -0.1) is 5.10 Å². The first kappa shape index (κ1) is 21.4. The van der Waals surface area contributed by atoms with Crippen LogP contribution in [0, 0.1) is 0 Å². The number of fused-ring (bicyclic) bond motifs is 2. The molecule has 2 aromatic carbocycles. The van der Waals surface area contributed by atoms with E-state index < -0.39 is 0 Å². The number of aromatic nitrogens is 3. The fourth-order valence-corrected chi connectivity index (χ4v) is 4.44. The lowest BCUT2D eigenvalue weighted by atomic mass is 10.0. The van der Waals surface area contributed by atoms with E-state index in [4.69, 9.17) is 14.6 Å². The van der Waals surface area contributed by atoms with Crippen molar-refractivity contribution in [2.75, 3.05) is 45.8 Å². The summed E-state index contributed by atoms with van der Waals surface area (Å²) in [5, 5.41) is 8.18. The van der Waals surface area contributed by atoms with Crippen LogP contribution >= 0.6 is 0 Å². The topological polar surface area (TPSA) is 63.9 Å². The molecule has 7 nitrogen and oxygen atoms in total. The maximum atomic E-state index is 5.55. The van der Waals surface area contributed by atoms with E-state index in [1.165, 1.54) is 11.1 Å². The van der Waals surface area contributed by atoms with Crippen molar-refractivity contribution < 1.29 is 9.47 Å². The molecule has 0 radical (unpaired) electrons. The molecule has 1 N–H and O–H groups in total. The molecule has 170 valence electrons. The van der Waals surface area contributed by atoms with Crippen LogP contribution in [0.3, 0.4) is 0 Å². The number of hydrogen-bond acceptors (Lipinski definition) is 6. The third kappa shape index (κ3) is 4.55. The molecule has 7 heteroatoms. The number of methoxy groups -OCH3 is 2. The number of anilines is 2. The molecule has 2 aromatic heterocycles. The van der Waals surface area contributed by atoms with Gasteiger partial charge >= 0.3 is 0 Å². The van der Waals surface area contributed by atoms with E-state index in [9.17, 15) is 0 Å². The number of ether oxygens (including phenoxy) is 2. The zero-order valence-corrected chi connectivity index (χ0v) is 19.1. The van der Waals surface area contributed by atoms with Gasteiger partial charge in [0.15, 0.2) is 0 Å². The standard InChI is InChI=1S/C26H29N5O2/c1-32-16-15-30-13-11-19-7-8-21(17-20(19)12-14-30)28-26-27-18-22-9-10-24(31(22)29-26)23-5-3-4-6-25(23)33-2/h3-10,17-18H,11-16H2,1-2H3,(H,28,29). The average molecular weight is 444 g/mol. The Morgan fingerprint density at radius 2 is 1.82 bits per heavy atom. The summed E-state index contributed by atoms with van der Waals surface area (Å²) in [5.74, 6) is 1.38. The van der Waals surface area contributed by atoms with Crippen LogP contribution in [0.25, 0.3) is 16.8 Å². The molecule has 0 amide bonds. The van der Waals surface area contributed by atoms with Gasteiger partial charge in [0.05, 0.1) is 31.1 Å². The minimum absolute atomic E-state index is 0.560. The molecule has 1 aliphatic rings. The number of nitrogens with one attached hydrogen (secondary N) is 1. The predicted octanol–water partition coefficient (Wildman–Crippen LogP) is 4.20. The minimum atomic E-state index is 0.560. The smallest absolute Gasteiger partial charge is 0.245 e. The van der Waals surface area contributed by atoms with E-state index in [2.05, 4.69) is 33.4 Å². The van der Waals surface area contributed by atoms with Gasteiger partial charge in [0.1, 0.15) is 5.75 Å². The second-order valence-electron chi connectivity index (χ2n) is 8.28. The summed E-state index contributed by atoms with van der Waals surface area (Å²) in [5.41, 5.74) is 6.69. The molecule has 0 aliphatic carbocycles. The van der Waals surface area contributed by atoms with E-state index in [0.29, 0.717) is 5.95 Å². The molecule has 0 spiro atoms. The molecule has 0 atom stereocenters. The van der Waals surface area contributed by atoms with Crippen molar-refractivity contribution in [2.24, 2.45) is 0 Å². The van der Waals surface area contributed by atoms with Gasteiger partial charge in [0.25, 0.3) is 0 Å². The van der Waals surface area contributed by atoms with Gasteiger partial charge < -0.3 is 19.7 Å². The van der Waals surface area contributed by atoms with Crippen molar-refractivity contribution >= 4 is 17.2 Å². The molecule has 0 bridgehead atoms. The third-order valence-corrected chi connectivity index (χ3v) is 6.25. The summed E-state index contributed by atoms with van der Waals surface area (Å²) >= 11 is 0. The SMILES string of the molecule is COCCN1CCc2ccc(Nc3ncc4ccc(-c5ccccc5OC)n4n3)cc2CC1. The first-order chi connectivity index (χ1) is 16.2. The molecule has 0 fully saturated rings. The number of rotatable bonds is 7. The van der Waals surface area contributed by atoms with Gasteiger partial charge in [-0.25, -0.2) is 9.50 Å². The van der Waals surface area contributed by atoms with Crippen LogP contribution in [0.15, 0.2) is 60.8 Å². The molecule has 4 aromatic rings. The van der Waals surface area contributed by atoms with Crippen LogP contribution in [0.1, 0.15) is 11.1 Å². The second-order valence-corrected chi connectivity index (χ2v) is 8.28. The summed E-state index contributed by atoms with van der Waals surface area (Å²) in [7, 11) is 3.45. The Kier molecular flexibility index (Phi) is 6.24. The number of benzene rings is 2. The maximum absolute atomic E-state index is 5.55. The Bertz CT molecular complexity index is 1250. The van der Waals surface area contributed by atoms with Crippen molar-refractivity contribution in [3.63, 3.8) is 0 Å². The van der Waals surface area contributed by atoms with Gasteiger partial charge in [-0.05, 0) is 60.4 Å². The molecular weight excluding hydrogens is 414 g/mol. The van der Waals surface area contributed by atoms with Crippen LogP contribution in [-0.4, -0.2) is 60.0 Å². The summed E-state index contributed by atoms with van der Waals surface area (Å²) in [6, 6.07) is 18.6. The van der Waals surface area contributed by atoms with Crippen molar-refractivity contribution in [1.82, 2.24) is 19.5 Å². The van der Waals surface area contributed by atoms with Crippen LogP contribution in [0.5, 0.6) is 5.75 Å². The Balaban J connectivity index is 1.39. The zero-order valence-electron chi connectivity index (χ0n) is 19.1. The summed E-state index contributed by atoms with van der Waals surface area (Å²) in [6.07, 6.45) is 3.93. The van der Waals surface area contributed by atoms with Gasteiger partial charge in [0.2, 0.25) is 5.95 Å². The Labute approximate surface area is 194 Å². The molecule has 3 heterocycles. The molecule has 0 saturated carbocycles. The fourth-order valence-electron chi connectivity index (χ4n) is 4.44. The maximum Gasteiger partial charge on any atom is 0.245 e. The first-order valence-electron chi connectivity index (χ1n) is 11.3.